The zero-order valence-electron chi connectivity index (χ0n) is 14.4. The van der Waals surface area contributed by atoms with Crippen LogP contribution in [0.2, 0.25) is 0 Å². The van der Waals surface area contributed by atoms with Crippen molar-refractivity contribution >= 4 is 5.91 Å². The summed E-state index contributed by atoms with van der Waals surface area (Å²) in [5.41, 5.74) is 3.03. The van der Waals surface area contributed by atoms with Gasteiger partial charge < -0.3 is 15.1 Å². The molecule has 0 aliphatic carbocycles. The average molecular weight is 303 g/mol. The SMILES string of the molecule is Cc1ccc(C(=O)NCCN2CCC(N(C)C)CC2)c(C)c1. The zero-order chi connectivity index (χ0) is 16.1. The molecule has 1 N–H and O–H groups in total. The monoisotopic (exact) mass is 303 g/mol. The predicted molar refractivity (Wildman–Crippen MR) is 91.4 cm³/mol. The van der Waals surface area contributed by atoms with Crippen molar-refractivity contribution in [3.05, 3.63) is 34.9 Å². The van der Waals surface area contributed by atoms with Crippen LogP contribution in [0.25, 0.3) is 0 Å². The number of nitrogens with one attached hydrogen (secondary N) is 1. The van der Waals surface area contributed by atoms with Crippen molar-refractivity contribution in [2.24, 2.45) is 0 Å². The fourth-order valence-electron chi connectivity index (χ4n) is 3.15. The summed E-state index contributed by atoms with van der Waals surface area (Å²) in [5, 5.41) is 3.05. The van der Waals surface area contributed by atoms with Crippen LogP contribution in [0.15, 0.2) is 18.2 Å². The summed E-state index contributed by atoms with van der Waals surface area (Å²) in [6, 6.07) is 6.68. The van der Waals surface area contributed by atoms with Gasteiger partial charge in [-0.1, -0.05) is 17.7 Å². The van der Waals surface area contributed by atoms with Crippen molar-refractivity contribution < 1.29 is 4.79 Å². The molecule has 0 bridgehead atoms. The van der Waals surface area contributed by atoms with E-state index in [1.165, 1.54) is 18.4 Å². The molecule has 1 aliphatic heterocycles. The first-order chi connectivity index (χ1) is 10.5. The van der Waals surface area contributed by atoms with E-state index in [9.17, 15) is 4.79 Å². The first kappa shape index (κ1) is 17.0. The fourth-order valence-corrected chi connectivity index (χ4v) is 3.15. The first-order valence-electron chi connectivity index (χ1n) is 8.21. The van der Waals surface area contributed by atoms with Crippen LogP contribution in [0.4, 0.5) is 0 Å². The van der Waals surface area contributed by atoms with E-state index in [-0.39, 0.29) is 5.91 Å². The Labute approximate surface area is 134 Å². The Hall–Kier alpha value is -1.39. The van der Waals surface area contributed by atoms with Gasteiger partial charge in [0, 0.05) is 24.7 Å². The minimum absolute atomic E-state index is 0.0423. The number of carbonyl (C=O) groups is 1. The molecule has 0 saturated carbocycles. The van der Waals surface area contributed by atoms with Gasteiger partial charge in [0.15, 0.2) is 0 Å². The minimum Gasteiger partial charge on any atom is -0.351 e. The fraction of sp³-hybridized carbons (Fsp3) is 0.611. The Morgan fingerprint density at radius 2 is 1.95 bits per heavy atom. The standard InChI is InChI=1S/C18H29N3O/c1-14-5-6-17(15(2)13-14)18(22)19-9-12-21-10-7-16(8-11-21)20(3)4/h5-6,13,16H,7-12H2,1-4H3,(H,19,22). The molecule has 22 heavy (non-hydrogen) atoms. The van der Waals surface area contributed by atoms with Gasteiger partial charge in [-0.2, -0.15) is 0 Å². The second kappa shape index (κ2) is 7.75. The molecule has 1 aromatic carbocycles. The largest absolute Gasteiger partial charge is 0.351 e. The van der Waals surface area contributed by atoms with Gasteiger partial charge in [-0.15, -0.1) is 0 Å². The van der Waals surface area contributed by atoms with E-state index in [0.29, 0.717) is 6.04 Å². The molecule has 1 aliphatic rings. The van der Waals surface area contributed by atoms with Crippen LogP contribution < -0.4 is 5.32 Å². The van der Waals surface area contributed by atoms with Crippen LogP contribution in [-0.2, 0) is 0 Å². The van der Waals surface area contributed by atoms with Crippen LogP contribution in [0.5, 0.6) is 0 Å². The number of amides is 1. The molecule has 0 aromatic heterocycles. The Morgan fingerprint density at radius 3 is 2.55 bits per heavy atom. The van der Waals surface area contributed by atoms with E-state index in [1.54, 1.807) is 0 Å². The summed E-state index contributed by atoms with van der Waals surface area (Å²) < 4.78 is 0. The van der Waals surface area contributed by atoms with Gasteiger partial charge in [-0.3, -0.25) is 4.79 Å². The lowest BCUT2D eigenvalue weighted by Crippen LogP contribution is -2.44. The maximum atomic E-state index is 12.2. The highest BCUT2D eigenvalue weighted by Gasteiger charge is 2.20. The third-order valence-electron chi connectivity index (χ3n) is 4.63. The molecule has 122 valence electrons. The number of nitrogens with zero attached hydrogens (tertiary/aromatic N) is 2. The van der Waals surface area contributed by atoms with Gasteiger partial charge in [0.1, 0.15) is 0 Å². The summed E-state index contributed by atoms with van der Waals surface area (Å²) in [4.78, 5) is 17.0. The van der Waals surface area contributed by atoms with Crippen LogP contribution in [0, 0.1) is 13.8 Å². The third kappa shape index (κ3) is 4.55. The Balaban J connectivity index is 1.74. The summed E-state index contributed by atoms with van der Waals surface area (Å²) in [6.07, 6.45) is 2.44. The summed E-state index contributed by atoms with van der Waals surface area (Å²) in [5.74, 6) is 0.0423. The number of piperidine rings is 1. The summed E-state index contributed by atoms with van der Waals surface area (Å²) in [6.45, 7) is 7.96. The number of aryl methyl sites for hydroxylation is 2. The molecule has 4 nitrogen and oxygen atoms in total. The number of rotatable bonds is 5. The maximum absolute atomic E-state index is 12.2. The Kier molecular flexibility index (Phi) is 5.98. The van der Waals surface area contributed by atoms with Crippen LogP contribution >= 0.6 is 0 Å². The molecule has 1 amide bonds. The van der Waals surface area contributed by atoms with Crippen molar-refractivity contribution in [2.75, 3.05) is 40.3 Å². The molecule has 0 spiro atoms. The second-order valence-electron chi connectivity index (χ2n) is 6.61. The molecule has 0 unspecified atom stereocenters. The second-order valence-corrected chi connectivity index (χ2v) is 6.61. The van der Waals surface area contributed by atoms with Crippen molar-refractivity contribution in [1.29, 1.82) is 0 Å². The molecule has 4 heteroatoms. The van der Waals surface area contributed by atoms with Crippen molar-refractivity contribution in [2.45, 2.75) is 32.7 Å². The molecule has 1 heterocycles. The zero-order valence-corrected chi connectivity index (χ0v) is 14.4. The van der Waals surface area contributed by atoms with E-state index in [4.69, 9.17) is 0 Å². The van der Waals surface area contributed by atoms with Crippen LogP contribution in [0.3, 0.4) is 0 Å². The average Bonchev–Trinajstić information content (AvgIpc) is 2.47. The molecule has 0 radical (unpaired) electrons. The normalized spacial score (nSPS) is 17.0. The van der Waals surface area contributed by atoms with Gasteiger partial charge in [-0.25, -0.2) is 0 Å². The molecular weight excluding hydrogens is 274 g/mol. The van der Waals surface area contributed by atoms with E-state index in [0.717, 1.165) is 37.3 Å². The molecule has 0 atom stereocenters. The predicted octanol–water partition coefficient (Wildman–Crippen LogP) is 2.06. The van der Waals surface area contributed by atoms with Crippen molar-refractivity contribution in [1.82, 2.24) is 15.1 Å². The first-order valence-corrected chi connectivity index (χ1v) is 8.21. The highest BCUT2D eigenvalue weighted by Crippen LogP contribution is 2.13. The van der Waals surface area contributed by atoms with Crippen LogP contribution in [-0.4, -0.2) is 62.0 Å². The van der Waals surface area contributed by atoms with E-state index in [2.05, 4.69) is 35.3 Å². The molecule has 1 aromatic rings. The number of likely N-dealkylation sites (tertiary alicyclic amines) is 1. The molecule has 2 rings (SSSR count). The van der Waals surface area contributed by atoms with Gasteiger partial charge in [0.2, 0.25) is 0 Å². The quantitative estimate of drug-likeness (QED) is 0.904. The van der Waals surface area contributed by atoms with E-state index < -0.39 is 0 Å². The summed E-state index contributed by atoms with van der Waals surface area (Å²) in [7, 11) is 4.31. The highest BCUT2D eigenvalue weighted by molar-refractivity contribution is 5.95. The number of carbonyl (C=O) groups excluding carboxylic acids is 1. The number of benzene rings is 1. The molecule has 1 fully saturated rings. The van der Waals surface area contributed by atoms with Gasteiger partial charge >= 0.3 is 0 Å². The summed E-state index contributed by atoms with van der Waals surface area (Å²) >= 11 is 0. The van der Waals surface area contributed by atoms with Crippen molar-refractivity contribution in [3.63, 3.8) is 0 Å². The van der Waals surface area contributed by atoms with Gasteiger partial charge in [0.25, 0.3) is 5.91 Å². The van der Waals surface area contributed by atoms with Gasteiger partial charge in [0.05, 0.1) is 0 Å². The lowest BCUT2D eigenvalue weighted by Gasteiger charge is -2.35. The topological polar surface area (TPSA) is 35.6 Å². The lowest BCUT2D eigenvalue weighted by molar-refractivity contribution is 0.0940. The van der Waals surface area contributed by atoms with Crippen molar-refractivity contribution in [3.8, 4) is 0 Å². The lowest BCUT2D eigenvalue weighted by atomic mass is 10.0. The minimum atomic E-state index is 0.0423. The molecular formula is C18H29N3O. The molecule has 1 saturated heterocycles. The highest BCUT2D eigenvalue weighted by atomic mass is 16.1. The number of hydrogen-bond donors (Lipinski definition) is 1. The maximum Gasteiger partial charge on any atom is 0.251 e. The number of hydrogen-bond acceptors (Lipinski definition) is 3. The smallest absolute Gasteiger partial charge is 0.251 e. The van der Waals surface area contributed by atoms with E-state index in [1.807, 2.05) is 26.0 Å². The Bertz CT molecular complexity index is 505. The van der Waals surface area contributed by atoms with E-state index >= 15 is 0 Å². The van der Waals surface area contributed by atoms with Crippen LogP contribution in [0.1, 0.15) is 34.3 Å². The van der Waals surface area contributed by atoms with Gasteiger partial charge in [-0.05, 0) is 65.5 Å². The third-order valence-corrected chi connectivity index (χ3v) is 4.63. The Morgan fingerprint density at radius 1 is 1.27 bits per heavy atom.